The van der Waals surface area contributed by atoms with Gasteiger partial charge in [0.05, 0.1) is 26.9 Å². The highest BCUT2D eigenvalue weighted by Crippen LogP contribution is 2.38. The van der Waals surface area contributed by atoms with Crippen molar-refractivity contribution in [3.63, 3.8) is 0 Å². The minimum Gasteiger partial charge on any atom is -0.497 e. The minimum atomic E-state index is -1.21. The topological polar surface area (TPSA) is 153 Å². The van der Waals surface area contributed by atoms with Gasteiger partial charge in [-0.2, -0.15) is 0 Å². The summed E-state index contributed by atoms with van der Waals surface area (Å²) in [5, 5.41) is 42.3. The Morgan fingerprint density at radius 1 is 1.04 bits per heavy atom. The Kier molecular flexibility index (Phi) is 6.90. The molecular weight excluding hydrogens is 356 g/mol. The van der Waals surface area contributed by atoms with Crippen LogP contribution in [0.4, 0.5) is 17.1 Å². The second kappa shape index (κ2) is 8.65. The molecule has 0 saturated heterocycles. The Bertz CT molecular complexity index is 742. The fraction of sp³-hybridized carbons (Fsp3) is 0.231. The van der Waals surface area contributed by atoms with E-state index in [0.29, 0.717) is 12.1 Å². The molecule has 0 saturated carbocycles. The number of non-ortho nitro benzene ring substituents is 1. The number of nitro benzene ring substituents is 3. The number of hydrogen-bond donors (Lipinski definition) is 1. The van der Waals surface area contributed by atoms with E-state index in [0.717, 1.165) is 6.54 Å². The van der Waals surface area contributed by atoms with E-state index in [1.165, 1.54) is 4.88 Å². The average Bonchev–Trinajstić information content (AvgIpc) is 2.99. The molecule has 25 heavy (non-hydrogen) atoms. The van der Waals surface area contributed by atoms with E-state index in [-0.39, 0.29) is 0 Å². The quantitative estimate of drug-likeness (QED) is 0.622. The van der Waals surface area contributed by atoms with Crippen molar-refractivity contribution in [2.75, 3.05) is 14.1 Å². The van der Waals surface area contributed by atoms with Crippen LogP contribution in [0.3, 0.4) is 0 Å². The van der Waals surface area contributed by atoms with Crippen LogP contribution >= 0.6 is 11.3 Å². The Morgan fingerprint density at radius 2 is 1.56 bits per heavy atom. The molecule has 1 aromatic heterocycles. The summed E-state index contributed by atoms with van der Waals surface area (Å²) in [4.78, 5) is 31.4. The first-order valence-electron chi connectivity index (χ1n) is 6.60. The Labute approximate surface area is 145 Å². The first-order valence-corrected chi connectivity index (χ1v) is 7.48. The van der Waals surface area contributed by atoms with Crippen LogP contribution in [-0.4, -0.2) is 38.9 Å². The maximum absolute atomic E-state index is 10.4. The lowest BCUT2D eigenvalue weighted by Gasteiger charge is -2.05. The predicted molar refractivity (Wildman–Crippen MR) is 89.8 cm³/mol. The highest BCUT2D eigenvalue weighted by atomic mass is 32.1. The van der Waals surface area contributed by atoms with Crippen LogP contribution in [0.5, 0.6) is 5.75 Å². The average molecular weight is 370 g/mol. The molecule has 134 valence electrons. The van der Waals surface area contributed by atoms with Gasteiger partial charge in [-0.3, -0.25) is 30.3 Å². The van der Waals surface area contributed by atoms with Gasteiger partial charge in [0.15, 0.2) is 0 Å². The molecular formula is C13H14N4O7S. The summed E-state index contributed by atoms with van der Waals surface area (Å²) in [6.45, 7) is 1.07. The molecule has 0 atom stereocenters. The summed E-state index contributed by atoms with van der Waals surface area (Å²) in [5.74, 6) is -1.21. The Hall–Kier alpha value is -3.12. The van der Waals surface area contributed by atoms with Crippen LogP contribution in [0.15, 0.2) is 29.6 Å². The molecule has 12 heteroatoms. The van der Waals surface area contributed by atoms with Crippen molar-refractivity contribution < 1.29 is 19.9 Å². The highest BCUT2D eigenvalue weighted by Gasteiger charge is 2.30. The number of aromatic hydroxyl groups is 1. The van der Waals surface area contributed by atoms with E-state index >= 15 is 0 Å². The third-order valence-corrected chi connectivity index (χ3v) is 3.57. The standard InChI is InChI=1S/C7H11NS.C6H3N3O7/c1-8(2)6-7-4-3-5-9-7;10-6-4(8(13)14)1-3(7(11)12)2-5(6)9(15)16/h3-5H,6H2,1-2H3;1-2,10H. The summed E-state index contributed by atoms with van der Waals surface area (Å²) in [6.07, 6.45) is 0. The molecule has 0 aliphatic rings. The van der Waals surface area contributed by atoms with Crippen molar-refractivity contribution in [3.05, 3.63) is 64.9 Å². The Balaban J connectivity index is 0.000000293. The van der Waals surface area contributed by atoms with Gasteiger partial charge < -0.3 is 10.0 Å². The van der Waals surface area contributed by atoms with Crippen LogP contribution in [0.25, 0.3) is 0 Å². The van der Waals surface area contributed by atoms with Gasteiger partial charge in [-0.05, 0) is 25.5 Å². The van der Waals surface area contributed by atoms with Gasteiger partial charge in [-0.15, -0.1) is 11.3 Å². The maximum atomic E-state index is 10.4. The number of hydrogen-bond acceptors (Lipinski definition) is 9. The molecule has 0 amide bonds. The predicted octanol–water partition coefficient (Wildman–Crippen LogP) is 2.93. The third kappa shape index (κ3) is 5.78. The molecule has 0 bridgehead atoms. The summed E-state index contributed by atoms with van der Waals surface area (Å²) in [5.41, 5.74) is -3.00. The fourth-order valence-corrected chi connectivity index (χ4v) is 2.51. The number of nitrogens with zero attached hydrogens (tertiary/aromatic N) is 4. The van der Waals surface area contributed by atoms with Gasteiger partial charge >= 0.3 is 11.4 Å². The summed E-state index contributed by atoms with van der Waals surface area (Å²) < 4.78 is 0. The van der Waals surface area contributed by atoms with Gasteiger partial charge in [0.25, 0.3) is 11.4 Å². The van der Waals surface area contributed by atoms with E-state index in [4.69, 9.17) is 5.11 Å². The first-order chi connectivity index (χ1) is 11.6. The van der Waals surface area contributed by atoms with Crippen LogP contribution in [0, 0.1) is 30.3 Å². The molecule has 0 unspecified atom stereocenters. The fourth-order valence-electron chi connectivity index (χ4n) is 1.69. The van der Waals surface area contributed by atoms with Gasteiger partial charge in [0.2, 0.25) is 0 Å². The molecule has 0 fully saturated rings. The maximum Gasteiger partial charge on any atom is 0.324 e. The van der Waals surface area contributed by atoms with E-state index in [9.17, 15) is 30.3 Å². The van der Waals surface area contributed by atoms with Crippen molar-refractivity contribution in [1.82, 2.24) is 4.90 Å². The van der Waals surface area contributed by atoms with Crippen LogP contribution < -0.4 is 0 Å². The molecule has 0 aliphatic carbocycles. The molecule has 0 radical (unpaired) electrons. The van der Waals surface area contributed by atoms with Crippen molar-refractivity contribution in [2.45, 2.75) is 6.54 Å². The van der Waals surface area contributed by atoms with Crippen LogP contribution in [0.1, 0.15) is 4.88 Å². The SMILES string of the molecule is CN(C)Cc1cccs1.O=[N+]([O-])c1cc([N+](=O)[O-])c(O)c([N+](=O)[O-])c1. The number of benzene rings is 1. The minimum absolute atomic E-state index is 0.447. The van der Waals surface area contributed by atoms with Crippen molar-refractivity contribution in [2.24, 2.45) is 0 Å². The number of nitro groups is 3. The molecule has 0 spiro atoms. The number of rotatable bonds is 5. The zero-order valence-corrected chi connectivity index (χ0v) is 14.0. The van der Waals surface area contributed by atoms with Gasteiger partial charge in [-0.1, -0.05) is 6.07 Å². The monoisotopic (exact) mass is 370 g/mol. The summed E-state index contributed by atoms with van der Waals surface area (Å²) in [7, 11) is 4.17. The smallest absolute Gasteiger partial charge is 0.324 e. The molecule has 11 nitrogen and oxygen atoms in total. The molecule has 0 aliphatic heterocycles. The lowest BCUT2D eigenvalue weighted by atomic mass is 10.2. The van der Waals surface area contributed by atoms with E-state index in [2.05, 4.69) is 36.5 Å². The highest BCUT2D eigenvalue weighted by molar-refractivity contribution is 7.09. The van der Waals surface area contributed by atoms with Gasteiger partial charge in [0, 0.05) is 11.4 Å². The van der Waals surface area contributed by atoms with Gasteiger partial charge in [0.1, 0.15) is 0 Å². The van der Waals surface area contributed by atoms with Crippen LogP contribution in [0.2, 0.25) is 0 Å². The number of thiophene rings is 1. The zero-order valence-electron chi connectivity index (χ0n) is 13.2. The lowest BCUT2D eigenvalue weighted by molar-refractivity contribution is -0.404. The van der Waals surface area contributed by atoms with Crippen molar-refractivity contribution >= 4 is 28.4 Å². The largest absolute Gasteiger partial charge is 0.497 e. The van der Waals surface area contributed by atoms with E-state index in [1.54, 1.807) is 0 Å². The van der Waals surface area contributed by atoms with Crippen molar-refractivity contribution in [3.8, 4) is 5.75 Å². The lowest BCUT2D eigenvalue weighted by Crippen LogP contribution is -2.08. The molecule has 2 rings (SSSR count). The second-order valence-electron chi connectivity index (χ2n) is 4.92. The van der Waals surface area contributed by atoms with E-state index in [1.807, 2.05) is 11.3 Å². The number of phenolic OH excluding ortho intramolecular Hbond substituents is 1. The zero-order chi connectivity index (χ0) is 19.1. The molecule has 2 aromatic rings. The first kappa shape index (κ1) is 19.9. The molecule has 1 N–H and O–H groups in total. The summed E-state index contributed by atoms with van der Waals surface area (Å²) in [6, 6.07) is 5.14. The number of phenols is 1. The molecule has 1 aromatic carbocycles. The normalized spacial score (nSPS) is 10.0. The van der Waals surface area contributed by atoms with Gasteiger partial charge in [-0.25, -0.2) is 0 Å². The Morgan fingerprint density at radius 3 is 1.88 bits per heavy atom. The van der Waals surface area contributed by atoms with Crippen LogP contribution in [-0.2, 0) is 6.54 Å². The van der Waals surface area contributed by atoms with Crippen molar-refractivity contribution in [1.29, 1.82) is 0 Å². The van der Waals surface area contributed by atoms with E-state index < -0.39 is 37.6 Å². The molecule has 1 heterocycles. The third-order valence-electron chi connectivity index (χ3n) is 2.71. The summed E-state index contributed by atoms with van der Waals surface area (Å²) >= 11 is 1.81. The second-order valence-corrected chi connectivity index (χ2v) is 5.95.